The first-order chi connectivity index (χ1) is 10.2. The van der Waals surface area contributed by atoms with Gasteiger partial charge in [0.15, 0.2) is 5.82 Å². The molecule has 0 amide bonds. The fourth-order valence-electron chi connectivity index (χ4n) is 2.83. The van der Waals surface area contributed by atoms with Gasteiger partial charge in [-0.15, -0.1) is 0 Å². The number of hydrogen-bond donors (Lipinski definition) is 1. The maximum Gasteiger partial charge on any atom is 0.242 e. The van der Waals surface area contributed by atoms with Crippen molar-refractivity contribution < 1.29 is 4.74 Å². The Kier molecular flexibility index (Phi) is 3.64. The molecule has 5 nitrogen and oxygen atoms in total. The maximum atomic E-state index is 6.23. The van der Waals surface area contributed by atoms with E-state index >= 15 is 0 Å². The summed E-state index contributed by atoms with van der Waals surface area (Å²) in [6.07, 6.45) is 3.67. The highest BCUT2D eigenvalue weighted by Gasteiger charge is 2.27. The molecular weight excluding hydrogens is 264 g/mol. The number of nitrogens with two attached hydrogens (primary N) is 1. The monoisotopic (exact) mass is 284 g/mol. The van der Waals surface area contributed by atoms with Crippen LogP contribution in [0.2, 0.25) is 0 Å². The lowest BCUT2D eigenvalue weighted by molar-refractivity contribution is 0.328. The number of rotatable bonds is 3. The average Bonchev–Trinajstić information content (AvgIpc) is 2.50. The third-order valence-corrected chi connectivity index (χ3v) is 3.86. The van der Waals surface area contributed by atoms with E-state index in [2.05, 4.69) is 40.0 Å². The highest BCUT2D eigenvalue weighted by molar-refractivity contribution is 5.76. The molecule has 3 rings (SSSR count). The summed E-state index contributed by atoms with van der Waals surface area (Å²) >= 11 is 0. The van der Waals surface area contributed by atoms with Crippen molar-refractivity contribution in [3.63, 3.8) is 0 Å². The van der Waals surface area contributed by atoms with E-state index in [1.54, 1.807) is 0 Å². The number of anilines is 3. The quantitative estimate of drug-likeness (QED) is 0.938. The Morgan fingerprint density at radius 2 is 2.14 bits per heavy atom. The average molecular weight is 284 g/mol. The maximum absolute atomic E-state index is 6.23. The minimum absolute atomic E-state index is 0.339. The van der Waals surface area contributed by atoms with E-state index in [9.17, 15) is 0 Å². The number of nitrogen functional groups attached to an aromatic ring is 1. The lowest BCUT2D eigenvalue weighted by Gasteiger charge is -2.36. The number of hydrogen-bond acceptors (Lipinski definition) is 5. The Morgan fingerprint density at radius 1 is 1.33 bits per heavy atom. The van der Waals surface area contributed by atoms with Crippen molar-refractivity contribution in [3.8, 4) is 5.88 Å². The fraction of sp³-hybridized carbons (Fsp3) is 0.375. The number of ether oxygens (including phenoxy) is 1. The molecular formula is C16H20N4O. The molecule has 0 radical (unpaired) electrons. The van der Waals surface area contributed by atoms with E-state index in [1.807, 2.05) is 13.0 Å². The molecule has 2 heterocycles. The van der Waals surface area contributed by atoms with Gasteiger partial charge in [-0.2, -0.15) is 4.98 Å². The van der Waals surface area contributed by atoms with Gasteiger partial charge in [-0.3, -0.25) is 0 Å². The summed E-state index contributed by atoms with van der Waals surface area (Å²) < 4.78 is 5.49. The molecule has 1 atom stereocenters. The molecule has 1 unspecified atom stereocenters. The topological polar surface area (TPSA) is 64.3 Å². The first kappa shape index (κ1) is 13.7. The van der Waals surface area contributed by atoms with Crippen molar-refractivity contribution in [1.29, 1.82) is 0 Å². The summed E-state index contributed by atoms with van der Waals surface area (Å²) in [6.45, 7) is 4.64. The number of nitrogens with zero attached hydrogens (tertiary/aromatic N) is 3. The standard InChI is InChI=1S/C16H20N4O/c1-3-21-16-14(17)15(18-10-19-16)20-11(2)8-9-12-6-4-5-7-13(12)20/h4-7,10-11H,3,8-9,17H2,1-2H3. The van der Waals surface area contributed by atoms with Crippen molar-refractivity contribution in [3.05, 3.63) is 36.2 Å². The Bertz CT molecular complexity index is 644. The highest BCUT2D eigenvalue weighted by atomic mass is 16.5. The minimum atomic E-state index is 0.339. The predicted octanol–water partition coefficient (Wildman–Crippen LogP) is 2.93. The molecule has 1 aromatic carbocycles. The minimum Gasteiger partial charge on any atom is -0.476 e. The largest absolute Gasteiger partial charge is 0.476 e. The number of aromatic nitrogens is 2. The first-order valence-corrected chi connectivity index (χ1v) is 7.32. The zero-order chi connectivity index (χ0) is 14.8. The molecule has 0 spiro atoms. The molecule has 5 heteroatoms. The normalized spacial score (nSPS) is 17.4. The molecule has 1 aliphatic rings. The van der Waals surface area contributed by atoms with Crippen LogP contribution in [0, 0.1) is 0 Å². The lowest BCUT2D eigenvalue weighted by atomic mass is 9.96. The van der Waals surface area contributed by atoms with Crippen LogP contribution in [0.1, 0.15) is 25.8 Å². The Balaban J connectivity index is 2.09. The van der Waals surface area contributed by atoms with Gasteiger partial charge in [-0.25, -0.2) is 4.98 Å². The SMILES string of the molecule is CCOc1ncnc(N2c3ccccc3CCC2C)c1N. The van der Waals surface area contributed by atoms with Gasteiger partial charge in [0.25, 0.3) is 0 Å². The molecule has 21 heavy (non-hydrogen) atoms. The summed E-state index contributed by atoms with van der Waals surface area (Å²) in [5.41, 5.74) is 9.23. The molecule has 1 aromatic heterocycles. The smallest absolute Gasteiger partial charge is 0.242 e. The number of aryl methyl sites for hydroxylation is 1. The Morgan fingerprint density at radius 3 is 2.95 bits per heavy atom. The fourth-order valence-corrected chi connectivity index (χ4v) is 2.83. The van der Waals surface area contributed by atoms with E-state index < -0.39 is 0 Å². The molecule has 0 fully saturated rings. The van der Waals surface area contributed by atoms with Crippen LogP contribution in [0.3, 0.4) is 0 Å². The van der Waals surface area contributed by atoms with Crippen LogP contribution in [-0.4, -0.2) is 22.6 Å². The molecule has 110 valence electrons. The summed E-state index contributed by atoms with van der Waals surface area (Å²) in [6, 6.07) is 8.74. The highest BCUT2D eigenvalue weighted by Crippen LogP contribution is 2.39. The third-order valence-electron chi connectivity index (χ3n) is 3.86. The van der Waals surface area contributed by atoms with Crippen LogP contribution in [0.4, 0.5) is 17.2 Å². The van der Waals surface area contributed by atoms with Crippen molar-refractivity contribution in [2.24, 2.45) is 0 Å². The summed E-state index contributed by atoms with van der Waals surface area (Å²) in [5, 5.41) is 0. The second-order valence-corrected chi connectivity index (χ2v) is 5.24. The van der Waals surface area contributed by atoms with E-state index in [0.717, 1.165) is 18.7 Å². The second-order valence-electron chi connectivity index (χ2n) is 5.24. The number of benzene rings is 1. The van der Waals surface area contributed by atoms with Gasteiger partial charge in [0, 0.05) is 11.7 Å². The van der Waals surface area contributed by atoms with Crippen molar-refractivity contribution in [2.45, 2.75) is 32.7 Å². The molecule has 1 aliphatic heterocycles. The molecule has 0 aliphatic carbocycles. The Labute approximate surface area is 124 Å². The van der Waals surface area contributed by atoms with Gasteiger partial charge in [0.05, 0.1) is 6.61 Å². The van der Waals surface area contributed by atoms with Gasteiger partial charge in [-0.1, -0.05) is 18.2 Å². The van der Waals surface area contributed by atoms with Crippen LogP contribution < -0.4 is 15.4 Å². The van der Waals surface area contributed by atoms with E-state index in [1.165, 1.54) is 17.6 Å². The Hall–Kier alpha value is -2.30. The zero-order valence-electron chi connectivity index (χ0n) is 12.4. The molecule has 2 aromatic rings. The van der Waals surface area contributed by atoms with Gasteiger partial charge in [-0.05, 0) is 38.3 Å². The van der Waals surface area contributed by atoms with Crippen LogP contribution >= 0.6 is 0 Å². The predicted molar refractivity (Wildman–Crippen MR) is 84.0 cm³/mol. The molecule has 2 N–H and O–H groups in total. The third kappa shape index (κ3) is 2.39. The summed E-state index contributed by atoms with van der Waals surface area (Å²) in [7, 11) is 0. The molecule has 0 saturated heterocycles. The lowest BCUT2D eigenvalue weighted by Crippen LogP contribution is -2.34. The number of para-hydroxylation sites is 1. The van der Waals surface area contributed by atoms with Crippen molar-refractivity contribution >= 4 is 17.2 Å². The second kappa shape index (κ2) is 5.60. The van der Waals surface area contributed by atoms with Crippen molar-refractivity contribution in [1.82, 2.24) is 9.97 Å². The van der Waals surface area contributed by atoms with Gasteiger partial charge >= 0.3 is 0 Å². The number of fused-ring (bicyclic) bond motifs is 1. The zero-order valence-corrected chi connectivity index (χ0v) is 12.4. The summed E-state index contributed by atoms with van der Waals surface area (Å²) in [4.78, 5) is 10.7. The van der Waals surface area contributed by atoms with Crippen LogP contribution in [0.5, 0.6) is 5.88 Å². The van der Waals surface area contributed by atoms with Crippen LogP contribution in [0.25, 0.3) is 0 Å². The van der Waals surface area contributed by atoms with E-state index in [-0.39, 0.29) is 0 Å². The summed E-state index contributed by atoms with van der Waals surface area (Å²) in [5.74, 6) is 1.19. The van der Waals surface area contributed by atoms with Gasteiger partial charge in [0.2, 0.25) is 5.88 Å². The van der Waals surface area contributed by atoms with Crippen LogP contribution in [0.15, 0.2) is 30.6 Å². The van der Waals surface area contributed by atoms with Crippen molar-refractivity contribution in [2.75, 3.05) is 17.2 Å². The molecule has 0 saturated carbocycles. The first-order valence-electron chi connectivity index (χ1n) is 7.32. The van der Waals surface area contributed by atoms with E-state index in [4.69, 9.17) is 10.5 Å². The van der Waals surface area contributed by atoms with Gasteiger partial charge < -0.3 is 15.4 Å². The van der Waals surface area contributed by atoms with E-state index in [0.29, 0.717) is 24.2 Å². The van der Waals surface area contributed by atoms with Gasteiger partial charge in [0.1, 0.15) is 12.0 Å². The molecule has 0 bridgehead atoms. The van der Waals surface area contributed by atoms with Crippen LogP contribution in [-0.2, 0) is 6.42 Å².